The molecule has 0 radical (unpaired) electrons. The van der Waals surface area contributed by atoms with Crippen LogP contribution in [0.3, 0.4) is 0 Å². The Morgan fingerprint density at radius 1 is 0.457 bits per heavy atom. The van der Waals surface area contributed by atoms with Gasteiger partial charge in [-0.15, -0.1) is 0 Å². The predicted octanol–water partition coefficient (Wildman–Crippen LogP) is 11.3. The van der Waals surface area contributed by atoms with E-state index in [0.29, 0.717) is 0 Å². The highest BCUT2D eigenvalue weighted by atomic mass is 15.1. The highest BCUT2D eigenvalue weighted by molar-refractivity contribution is 5.70. The first kappa shape index (κ1) is 29.5. The molecule has 0 amide bonds. The average Bonchev–Trinajstić information content (AvgIpc) is 2.85. The van der Waals surface area contributed by atoms with Crippen molar-refractivity contribution in [2.24, 2.45) is 0 Å². The van der Waals surface area contributed by atoms with Crippen LogP contribution in [0.1, 0.15) is 132 Å². The first-order valence-electron chi connectivity index (χ1n) is 15.0. The third-order valence-corrected chi connectivity index (χ3v) is 7.97. The molecule has 0 heterocycles. The van der Waals surface area contributed by atoms with Crippen molar-refractivity contribution in [1.82, 2.24) is 0 Å². The van der Waals surface area contributed by atoms with E-state index in [-0.39, 0.29) is 0 Å². The Labute approximate surface area is 218 Å². The number of hydrogen-bond acceptors (Lipinski definition) is 1. The predicted molar refractivity (Wildman–Crippen MR) is 158 cm³/mol. The van der Waals surface area contributed by atoms with Gasteiger partial charge in [0.15, 0.2) is 0 Å². The molecule has 0 saturated heterocycles. The molecule has 1 heteroatoms. The van der Waals surface area contributed by atoms with Crippen LogP contribution in [0.2, 0.25) is 0 Å². The van der Waals surface area contributed by atoms with Crippen molar-refractivity contribution in [3.05, 3.63) is 58.7 Å². The minimum atomic E-state index is 1.10. The number of benzene rings is 2. The van der Waals surface area contributed by atoms with Gasteiger partial charge < -0.3 is 4.90 Å². The molecule has 0 fully saturated rings. The molecule has 2 aromatic rings. The first-order valence-corrected chi connectivity index (χ1v) is 15.0. The number of rotatable bonds is 19. The maximum atomic E-state index is 2.58. The molecule has 0 saturated carbocycles. The van der Waals surface area contributed by atoms with Crippen molar-refractivity contribution in [2.45, 2.75) is 137 Å². The van der Waals surface area contributed by atoms with E-state index < -0.39 is 0 Å². The Bertz CT molecular complexity index is 770. The summed E-state index contributed by atoms with van der Waals surface area (Å²) in [4.78, 5) is 2.58. The number of aryl methyl sites for hydroxylation is 2. The van der Waals surface area contributed by atoms with Gasteiger partial charge in [-0.3, -0.25) is 0 Å². The fourth-order valence-corrected chi connectivity index (χ4v) is 5.24. The van der Waals surface area contributed by atoms with Crippen LogP contribution in [0.4, 0.5) is 11.4 Å². The lowest BCUT2D eigenvalue weighted by Gasteiger charge is -2.29. The summed E-state index contributed by atoms with van der Waals surface area (Å²) in [6.07, 6.45) is 22.7. The van der Waals surface area contributed by atoms with Gasteiger partial charge in [0, 0.05) is 17.9 Å². The SMILES string of the molecule is CCCCCCCCCCCCCCCCCCN(c1cccc(C)c1C)c1cccc(C)c1C. The molecular formula is C34H55N. The zero-order valence-electron chi connectivity index (χ0n) is 23.9. The van der Waals surface area contributed by atoms with Crippen molar-refractivity contribution in [3.63, 3.8) is 0 Å². The monoisotopic (exact) mass is 477 g/mol. The molecule has 2 aromatic carbocycles. The van der Waals surface area contributed by atoms with E-state index >= 15 is 0 Å². The summed E-state index contributed by atoms with van der Waals surface area (Å²) in [7, 11) is 0. The van der Waals surface area contributed by atoms with E-state index in [1.54, 1.807) is 0 Å². The minimum absolute atomic E-state index is 1.10. The second-order valence-corrected chi connectivity index (χ2v) is 10.9. The summed E-state index contributed by atoms with van der Waals surface area (Å²) in [5, 5.41) is 0. The molecule has 0 unspecified atom stereocenters. The van der Waals surface area contributed by atoms with E-state index in [1.165, 1.54) is 136 Å². The van der Waals surface area contributed by atoms with Crippen LogP contribution >= 0.6 is 0 Å². The summed E-state index contributed by atoms with van der Waals surface area (Å²) >= 11 is 0. The fraction of sp³-hybridized carbons (Fsp3) is 0.647. The van der Waals surface area contributed by atoms with Crippen molar-refractivity contribution >= 4 is 11.4 Å². The molecule has 0 bridgehead atoms. The first-order chi connectivity index (χ1) is 17.1. The second-order valence-electron chi connectivity index (χ2n) is 10.9. The summed E-state index contributed by atoms with van der Waals surface area (Å²) in [5.41, 5.74) is 8.32. The standard InChI is InChI=1S/C34H55N/c1-6-7-8-9-10-11-12-13-14-15-16-17-18-19-20-21-28-35(33-26-22-24-29(2)31(33)4)34-27-23-25-30(3)32(34)5/h22-27H,6-21,28H2,1-5H3. The lowest BCUT2D eigenvalue weighted by Crippen LogP contribution is -2.21. The number of hydrogen-bond donors (Lipinski definition) is 0. The Balaban J connectivity index is 1.65. The van der Waals surface area contributed by atoms with Gasteiger partial charge in [-0.1, -0.05) is 128 Å². The highest BCUT2D eigenvalue weighted by Crippen LogP contribution is 2.33. The van der Waals surface area contributed by atoms with Gasteiger partial charge in [0.2, 0.25) is 0 Å². The number of nitrogens with zero attached hydrogens (tertiary/aromatic N) is 1. The maximum Gasteiger partial charge on any atom is 0.0443 e. The molecule has 0 N–H and O–H groups in total. The van der Waals surface area contributed by atoms with E-state index in [4.69, 9.17) is 0 Å². The topological polar surface area (TPSA) is 3.24 Å². The zero-order chi connectivity index (χ0) is 25.3. The van der Waals surface area contributed by atoms with Gasteiger partial charge in [0.05, 0.1) is 0 Å². The Morgan fingerprint density at radius 2 is 0.800 bits per heavy atom. The highest BCUT2D eigenvalue weighted by Gasteiger charge is 2.15. The van der Waals surface area contributed by atoms with Crippen molar-refractivity contribution < 1.29 is 0 Å². The molecule has 2 rings (SSSR count). The van der Waals surface area contributed by atoms with E-state index in [0.717, 1.165) is 6.54 Å². The molecule has 0 aromatic heterocycles. The molecule has 1 nitrogen and oxygen atoms in total. The van der Waals surface area contributed by atoms with Crippen molar-refractivity contribution in [3.8, 4) is 0 Å². The van der Waals surface area contributed by atoms with Gasteiger partial charge in [-0.2, -0.15) is 0 Å². The van der Waals surface area contributed by atoms with E-state index in [9.17, 15) is 0 Å². The molecule has 0 aliphatic rings. The quantitative estimate of drug-likeness (QED) is 0.182. The summed E-state index contributed by atoms with van der Waals surface area (Å²) in [5.74, 6) is 0. The molecule has 0 aliphatic carbocycles. The van der Waals surface area contributed by atoms with Gasteiger partial charge in [0.25, 0.3) is 0 Å². The molecule has 0 atom stereocenters. The maximum absolute atomic E-state index is 2.58. The van der Waals surface area contributed by atoms with Crippen LogP contribution < -0.4 is 4.90 Å². The van der Waals surface area contributed by atoms with Crippen LogP contribution in [0.15, 0.2) is 36.4 Å². The molecule has 0 spiro atoms. The average molecular weight is 478 g/mol. The van der Waals surface area contributed by atoms with Crippen LogP contribution in [-0.4, -0.2) is 6.54 Å². The number of anilines is 2. The van der Waals surface area contributed by atoms with Crippen molar-refractivity contribution in [2.75, 3.05) is 11.4 Å². The van der Waals surface area contributed by atoms with Crippen molar-refractivity contribution in [1.29, 1.82) is 0 Å². The van der Waals surface area contributed by atoms with Crippen LogP contribution in [0, 0.1) is 27.7 Å². The molecule has 0 aliphatic heterocycles. The largest absolute Gasteiger partial charge is 0.341 e. The minimum Gasteiger partial charge on any atom is -0.341 e. The van der Waals surface area contributed by atoms with Gasteiger partial charge in [-0.05, 0) is 68.5 Å². The second kappa shape index (κ2) is 17.6. The smallest absolute Gasteiger partial charge is 0.0443 e. The van der Waals surface area contributed by atoms with E-state index in [1.807, 2.05) is 0 Å². The third-order valence-electron chi connectivity index (χ3n) is 7.97. The third kappa shape index (κ3) is 10.8. The summed E-state index contributed by atoms with van der Waals surface area (Å²) in [6, 6.07) is 13.5. The zero-order valence-corrected chi connectivity index (χ0v) is 23.9. The normalized spacial score (nSPS) is 11.2. The van der Waals surface area contributed by atoms with Gasteiger partial charge >= 0.3 is 0 Å². The Hall–Kier alpha value is -1.76. The Morgan fingerprint density at radius 3 is 1.17 bits per heavy atom. The van der Waals surface area contributed by atoms with Gasteiger partial charge in [0.1, 0.15) is 0 Å². The van der Waals surface area contributed by atoms with Crippen LogP contribution in [-0.2, 0) is 0 Å². The summed E-state index contributed by atoms with van der Waals surface area (Å²) < 4.78 is 0. The van der Waals surface area contributed by atoms with E-state index in [2.05, 4.69) is 75.9 Å². The summed E-state index contributed by atoms with van der Waals surface area (Å²) in [6.45, 7) is 12.4. The fourth-order valence-electron chi connectivity index (χ4n) is 5.24. The molecule has 196 valence electrons. The Kier molecular flexibility index (Phi) is 14.8. The van der Waals surface area contributed by atoms with Gasteiger partial charge in [-0.25, -0.2) is 0 Å². The molecule has 35 heavy (non-hydrogen) atoms. The molecular weight excluding hydrogens is 422 g/mol. The lowest BCUT2D eigenvalue weighted by molar-refractivity contribution is 0.530. The van der Waals surface area contributed by atoms with Crippen LogP contribution in [0.25, 0.3) is 0 Å². The lowest BCUT2D eigenvalue weighted by atomic mass is 10.0. The van der Waals surface area contributed by atoms with Crippen LogP contribution in [0.5, 0.6) is 0 Å². The number of unbranched alkanes of at least 4 members (excludes halogenated alkanes) is 15.